The van der Waals surface area contributed by atoms with Crippen LogP contribution in [0.3, 0.4) is 0 Å². The van der Waals surface area contributed by atoms with Crippen LogP contribution in [0.5, 0.6) is 5.75 Å². The second kappa shape index (κ2) is 8.48. The number of carbonyl (C=O) groups excluding carboxylic acids is 2. The van der Waals surface area contributed by atoms with Gasteiger partial charge >= 0.3 is 0 Å². The molecule has 3 aromatic rings. The number of hydrogen-bond acceptors (Lipinski definition) is 4. The van der Waals surface area contributed by atoms with E-state index in [-0.39, 0.29) is 11.3 Å². The molecule has 1 atom stereocenters. The van der Waals surface area contributed by atoms with Crippen molar-refractivity contribution in [2.45, 2.75) is 13.0 Å². The summed E-state index contributed by atoms with van der Waals surface area (Å²) in [4.78, 5) is 27.5. The number of amides is 1. The average Bonchev–Trinajstić information content (AvgIpc) is 3.05. The predicted octanol–water partition coefficient (Wildman–Crippen LogP) is 5.42. The van der Waals surface area contributed by atoms with Crippen LogP contribution in [0.15, 0.2) is 72.3 Å². The summed E-state index contributed by atoms with van der Waals surface area (Å²) in [7, 11) is 1.53. The lowest BCUT2D eigenvalue weighted by Crippen LogP contribution is -2.29. The third-order valence-corrected chi connectivity index (χ3v) is 5.68. The monoisotopic (exact) mass is 451 g/mol. The Kier molecular flexibility index (Phi) is 5.72. The molecule has 1 N–H and O–H groups in total. The minimum absolute atomic E-state index is 0.0789. The Bertz CT molecular complexity index is 1240. The van der Waals surface area contributed by atoms with Gasteiger partial charge in [-0.05, 0) is 72.6 Å². The topological polar surface area (TPSA) is 66.8 Å². The Hall–Kier alpha value is -3.64. The SMILES string of the molecule is COc1ccc(/C(O)=C2/C(=O)C(=O)N(c3ccc(Cl)cc3)C2c2ccc(F)cc2)c(C)c1. The van der Waals surface area contributed by atoms with E-state index < -0.39 is 23.5 Å². The van der Waals surface area contributed by atoms with E-state index in [2.05, 4.69) is 0 Å². The minimum atomic E-state index is -0.946. The Balaban J connectivity index is 1.94. The number of benzene rings is 3. The van der Waals surface area contributed by atoms with Gasteiger partial charge in [0.2, 0.25) is 0 Å². The number of aryl methyl sites for hydroxylation is 1. The lowest BCUT2D eigenvalue weighted by molar-refractivity contribution is -0.132. The smallest absolute Gasteiger partial charge is 0.300 e. The zero-order valence-electron chi connectivity index (χ0n) is 17.3. The van der Waals surface area contributed by atoms with Crippen LogP contribution in [0, 0.1) is 12.7 Å². The fraction of sp³-hybridized carbons (Fsp3) is 0.120. The molecular formula is C25H19ClFNO4. The van der Waals surface area contributed by atoms with Gasteiger partial charge in [0.15, 0.2) is 0 Å². The van der Waals surface area contributed by atoms with Crippen molar-refractivity contribution in [1.82, 2.24) is 0 Å². The number of aliphatic hydroxyl groups excluding tert-OH is 1. The summed E-state index contributed by atoms with van der Waals surface area (Å²) < 4.78 is 18.8. The molecule has 3 aromatic carbocycles. The van der Waals surface area contributed by atoms with Crippen molar-refractivity contribution in [2.75, 3.05) is 12.0 Å². The highest BCUT2D eigenvalue weighted by Gasteiger charge is 2.47. The number of hydrogen-bond donors (Lipinski definition) is 1. The molecule has 0 radical (unpaired) electrons. The Morgan fingerprint density at radius 1 is 1.03 bits per heavy atom. The molecular weight excluding hydrogens is 433 g/mol. The van der Waals surface area contributed by atoms with E-state index in [1.165, 1.54) is 36.3 Å². The summed E-state index contributed by atoms with van der Waals surface area (Å²) in [6, 6.07) is 16.0. The molecule has 4 rings (SSSR count). The zero-order chi connectivity index (χ0) is 23.0. The molecule has 0 aromatic heterocycles. The molecule has 1 aliphatic heterocycles. The normalized spacial score (nSPS) is 17.6. The van der Waals surface area contributed by atoms with Crippen LogP contribution >= 0.6 is 11.6 Å². The van der Waals surface area contributed by atoms with Crippen LogP contribution in [-0.4, -0.2) is 23.9 Å². The van der Waals surface area contributed by atoms with Crippen molar-refractivity contribution >= 4 is 34.7 Å². The van der Waals surface area contributed by atoms with Crippen molar-refractivity contribution in [2.24, 2.45) is 0 Å². The number of anilines is 1. The first kappa shape index (κ1) is 21.6. The van der Waals surface area contributed by atoms with Crippen molar-refractivity contribution in [3.8, 4) is 5.75 Å². The van der Waals surface area contributed by atoms with Gasteiger partial charge in [-0.2, -0.15) is 0 Å². The molecule has 1 aliphatic rings. The molecule has 1 amide bonds. The summed E-state index contributed by atoms with van der Waals surface area (Å²) in [5.74, 6) is -1.80. The van der Waals surface area contributed by atoms with E-state index in [0.29, 0.717) is 33.1 Å². The fourth-order valence-corrected chi connectivity index (χ4v) is 3.96. The molecule has 32 heavy (non-hydrogen) atoms. The second-order valence-electron chi connectivity index (χ2n) is 7.38. The van der Waals surface area contributed by atoms with Crippen LogP contribution in [0.4, 0.5) is 10.1 Å². The van der Waals surface area contributed by atoms with E-state index >= 15 is 0 Å². The Morgan fingerprint density at radius 3 is 2.28 bits per heavy atom. The first-order valence-electron chi connectivity index (χ1n) is 9.79. The van der Waals surface area contributed by atoms with Crippen LogP contribution in [-0.2, 0) is 9.59 Å². The minimum Gasteiger partial charge on any atom is -0.507 e. The number of methoxy groups -OCH3 is 1. The van der Waals surface area contributed by atoms with Crippen LogP contribution < -0.4 is 9.64 Å². The maximum absolute atomic E-state index is 13.6. The van der Waals surface area contributed by atoms with Crippen molar-refractivity contribution < 1.29 is 23.8 Å². The van der Waals surface area contributed by atoms with Gasteiger partial charge in [0.25, 0.3) is 11.7 Å². The predicted molar refractivity (Wildman–Crippen MR) is 120 cm³/mol. The molecule has 0 aliphatic carbocycles. The second-order valence-corrected chi connectivity index (χ2v) is 7.81. The molecule has 7 heteroatoms. The van der Waals surface area contributed by atoms with Gasteiger partial charge in [0, 0.05) is 16.3 Å². The molecule has 0 bridgehead atoms. The molecule has 0 spiro atoms. The van der Waals surface area contributed by atoms with Gasteiger partial charge in [-0.3, -0.25) is 14.5 Å². The van der Waals surface area contributed by atoms with E-state index in [0.717, 1.165) is 0 Å². The van der Waals surface area contributed by atoms with Crippen LogP contribution in [0.1, 0.15) is 22.7 Å². The third kappa shape index (κ3) is 3.74. The van der Waals surface area contributed by atoms with Gasteiger partial charge in [0.1, 0.15) is 17.3 Å². The molecule has 0 saturated carbocycles. The Labute approximate surface area is 189 Å². The van der Waals surface area contributed by atoms with E-state index in [4.69, 9.17) is 16.3 Å². The summed E-state index contributed by atoms with van der Waals surface area (Å²) in [5, 5.41) is 11.7. The van der Waals surface area contributed by atoms with E-state index in [9.17, 15) is 19.1 Å². The lowest BCUT2D eigenvalue weighted by Gasteiger charge is -2.25. The summed E-state index contributed by atoms with van der Waals surface area (Å²) in [6.45, 7) is 1.76. The summed E-state index contributed by atoms with van der Waals surface area (Å²) >= 11 is 5.98. The first-order valence-corrected chi connectivity index (χ1v) is 10.2. The number of ether oxygens (including phenoxy) is 1. The number of rotatable bonds is 4. The lowest BCUT2D eigenvalue weighted by atomic mass is 9.93. The Morgan fingerprint density at radius 2 is 1.69 bits per heavy atom. The van der Waals surface area contributed by atoms with E-state index in [1.807, 2.05) is 0 Å². The highest BCUT2D eigenvalue weighted by Crippen LogP contribution is 2.42. The largest absolute Gasteiger partial charge is 0.507 e. The number of Topliss-reactive ketones (excluding diaryl/α,β-unsaturated/α-hetero) is 1. The highest BCUT2D eigenvalue weighted by molar-refractivity contribution is 6.51. The molecule has 162 valence electrons. The molecule has 1 unspecified atom stereocenters. The molecule has 1 fully saturated rings. The van der Waals surface area contributed by atoms with Crippen molar-refractivity contribution in [1.29, 1.82) is 0 Å². The maximum Gasteiger partial charge on any atom is 0.300 e. The number of nitrogens with zero attached hydrogens (tertiary/aromatic N) is 1. The quantitative estimate of drug-likeness (QED) is 0.326. The summed E-state index contributed by atoms with van der Waals surface area (Å²) in [5.41, 5.74) is 1.89. The van der Waals surface area contributed by atoms with Gasteiger partial charge in [-0.15, -0.1) is 0 Å². The standard InChI is InChI=1S/C25H19ClFNO4/c1-14-13-19(32-2)11-12-20(14)23(29)21-22(15-3-7-17(27)8-4-15)28(25(31)24(21)30)18-9-5-16(26)6-10-18/h3-13,22,29H,1-2H3/b23-21-. The van der Waals surface area contributed by atoms with Gasteiger partial charge in [-0.25, -0.2) is 4.39 Å². The molecule has 1 saturated heterocycles. The average molecular weight is 452 g/mol. The van der Waals surface area contributed by atoms with Gasteiger partial charge in [0.05, 0.1) is 18.7 Å². The fourth-order valence-electron chi connectivity index (χ4n) is 3.83. The maximum atomic E-state index is 13.6. The van der Waals surface area contributed by atoms with Crippen molar-refractivity contribution in [3.63, 3.8) is 0 Å². The number of carbonyl (C=O) groups is 2. The third-order valence-electron chi connectivity index (χ3n) is 5.42. The van der Waals surface area contributed by atoms with E-state index in [1.54, 1.807) is 49.4 Å². The van der Waals surface area contributed by atoms with Crippen molar-refractivity contribution in [3.05, 3.63) is 99.8 Å². The van der Waals surface area contributed by atoms with Crippen LogP contribution in [0.25, 0.3) is 5.76 Å². The first-order chi connectivity index (χ1) is 15.3. The van der Waals surface area contributed by atoms with Crippen LogP contribution in [0.2, 0.25) is 5.02 Å². The van der Waals surface area contributed by atoms with Gasteiger partial charge < -0.3 is 9.84 Å². The molecule has 1 heterocycles. The number of halogens is 2. The molecule has 5 nitrogen and oxygen atoms in total. The zero-order valence-corrected chi connectivity index (χ0v) is 18.1. The number of aliphatic hydroxyl groups is 1. The van der Waals surface area contributed by atoms with Gasteiger partial charge in [-0.1, -0.05) is 23.7 Å². The highest BCUT2D eigenvalue weighted by atomic mass is 35.5. The summed E-state index contributed by atoms with van der Waals surface area (Å²) in [6.07, 6.45) is 0. The number of ketones is 1.